The van der Waals surface area contributed by atoms with Gasteiger partial charge in [0.1, 0.15) is 12.6 Å². The third kappa shape index (κ3) is 8.03. The van der Waals surface area contributed by atoms with Crippen LogP contribution in [0.25, 0.3) is 0 Å². The maximum Gasteiger partial charge on any atom is 0.264 e. The number of nitrogens with one attached hydrogen (secondary N) is 1. The van der Waals surface area contributed by atoms with Gasteiger partial charge in [0.15, 0.2) is 11.5 Å². The van der Waals surface area contributed by atoms with E-state index in [-0.39, 0.29) is 29.1 Å². The minimum Gasteiger partial charge on any atom is -0.493 e. The number of ether oxygens (including phenoxy) is 2. The van der Waals surface area contributed by atoms with Crippen molar-refractivity contribution in [2.45, 2.75) is 57.0 Å². The van der Waals surface area contributed by atoms with E-state index in [4.69, 9.17) is 9.47 Å². The molecule has 2 amide bonds. The molecule has 0 heterocycles. The first-order valence-corrected chi connectivity index (χ1v) is 15.5. The smallest absolute Gasteiger partial charge is 0.264 e. The van der Waals surface area contributed by atoms with Crippen LogP contribution in [0.4, 0.5) is 5.69 Å². The lowest BCUT2D eigenvalue weighted by atomic mass is 10.1. The molecule has 9 nitrogen and oxygen atoms in total. The van der Waals surface area contributed by atoms with Gasteiger partial charge in [0, 0.05) is 18.7 Å². The predicted octanol–water partition coefficient (Wildman–Crippen LogP) is 4.66. The van der Waals surface area contributed by atoms with Crippen LogP contribution in [0.1, 0.15) is 39.2 Å². The zero-order valence-electron chi connectivity index (χ0n) is 24.9. The molecule has 0 fully saturated rings. The summed E-state index contributed by atoms with van der Waals surface area (Å²) in [7, 11) is -1.24. The second-order valence-electron chi connectivity index (χ2n) is 9.93. The Balaban J connectivity index is 2.05. The fraction of sp³-hybridized carbons (Fsp3) is 0.375. The SMILES string of the molecule is CC[C@@H](C)NC(=O)[C@@H](CC)N(CCc1ccccc1)C(=O)CN(c1ccc(OC)c(OC)c1)S(=O)(=O)c1ccccc1. The Morgan fingerprint density at radius 3 is 2.05 bits per heavy atom. The van der Waals surface area contributed by atoms with E-state index < -0.39 is 28.5 Å². The molecule has 226 valence electrons. The summed E-state index contributed by atoms with van der Waals surface area (Å²) in [6, 6.07) is 21.4. The predicted molar refractivity (Wildman–Crippen MR) is 164 cm³/mol. The van der Waals surface area contributed by atoms with Crippen LogP contribution < -0.4 is 19.1 Å². The van der Waals surface area contributed by atoms with Crippen molar-refractivity contribution in [3.63, 3.8) is 0 Å². The summed E-state index contributed by atoms with van der Waals surface area (Å²) in [4.78, 5) is 29.0. The summed E-state index contributed by atoms with van der Waals surface area (Å²) < 4.78 is 39.8. The quantitative estimate of drug-likeness (QED) is 0.274. The maximum absolute atomic E-state index is 14.1. The Bertz CT molecular complexity index is 1420. The van der Waals surface area contributed by atoms with E-state index in [1.54, 1.807) is 30.3 Å². The van der Waals surface area contributed by atoms with E-state index in [0.717, 1.165) is 16.3 Å². The van der Waals surface area contributed by atoms with Crippen molar-refractivity contribution in [3.05, 3.63) is 84.4 Å². The molecule has 42 heavy (non-hydrogen) atoms. The summed E-state index contributed by atoms with van der Waals surface area (Å²) in [6.07, 6.45) is 1.61. The van der Waals surface area contributed by atoms with Gasteiger partial charge in [0.2, 0.25) is 11.8 Å². The van der Waals surface area contributed by atoms with Gasteiger partial charge in [0.25, 0.3) is 10.0 Å². The molecule has 3 aromatic carbocycles. The highest BCUT2D eigenvalue weighted by molar-refractivity contribution is 7.92. The van der Waals surface area contributed by atoms with Crippen molar-refractivity contribution < 1.29 is 27.5 Å². The molecule has 0 radical (unpaired) electrons. The van der Waals surface area contributed by atoms with Crippen LogP contribution in [0.2, 0.25) is 0 Å². The number of benzene rings is 3. The molecule has 0 bridgehead atoms. The number of sulfonamides is 1. The van der Waals surface area contributed by atoms with E-state index in [9.17, 15) is 18.0 Å². The molecule has 0 aliphatic rings. The fourth-order valence-electron chi connectivity index (χ4n) is 4.57. The molecule has 3 aromatic rings. The summed E-state index contributed by atoms with van der Waals surface area (Å²) in [5.74, 6) is -0.0267. The highest BCUT2D eigenvalue weighted by Crippen LogP contribution is 2.34. The minimum atomic E-state index is -4.18. The van der Waals surface area contributed by atoms with Crippen molar-refractivity contribution in [3.8, 4) is 11.5 Å². The largest absolute Gasteiger partial charge is 0.493 e. The second-order valence-corrected chi connectivity index (χ2v) is 11.8. The van der Waals surface area contributed by atoms with Crippen LogP contribution in [0, 0.1) is 0 Å². The van der Waals surface area contributed by atoms with Crippen LogP contribution in [0.5, 0.6) is 11.5 Å². The van der Waals surface area contributed by atoms with Gasteiger partial charge in [-0.1, -0.05) is 62.4 Å². The average Bonchev–Trinajstić information content (AvgIpc) is 3.01. The Hall–Kier alpha value is -4.05. The number of carbonyl (C=O) groups excluding carboxylic acids is 2. The van der Waals surface area contributed by atoms with Crippen molar-refractivity contribution in [2.75, 3.05) is 31.6 Å². The molecule has 0 aliphatic carbocycles. The van der Waals surface area contributed by atoms with Crippen LogP contribution >= 0.6 is 0 Å². The molecule has 0 aromatic heterocycles. The lowest BCUT2D eigenvalue weighted by Gasteiger charge is -2.33. The first kappa shape index (κ1) is 32.5. The Kier molecular flexibility index (Phi) is 11.8. The number of carbonyl (C=O) groups is 2. The van der Waals surface area contributed by atoms with Gasteiger partial charge in [-0.05, 0) is 56.0 Å². The zero-order valence-corrected chi connectivity index (χ0v) is 25.8. The average molecular weight is 596 g/mol. The van der Waals surface area contributed by atoms with E-state index in [0.29, 0.717) is 24.3 Å². The van der Waals surface area contributed by atoms with E-state index in [2.05, 4.69) is 5.32 Å². The summed E-state index contributed by atoms with van der Waals surface area (Å²) in [5.41, 5.74) is 1.23. The minimum absolute atomic E-state index is 0.0324. The normalized spacial score (nSPS) is 12.6. The molecule has 0 unspecified atom stereocenters. The van der Waals surface area contributed by atoms with Crippen molar-refractivity contribution in [1.82, 2.24) is 10.2 Å². The fourth-order valence-corrected chi connectivity index (χ4v) is 5.99. The number of hydrogen-bond acceptors (Lipinski definition) is 6. The van der Waals surface area contributed by atoms with Gasteiger partial charge in [-0.3, -0.25) is 13.9 Å². The highest BCUT2D eigenvalue weighted by atomic mass is 32.2. The lowest BCUT2D eigenvalue weighted by molar-refractivity contribution is -0.139. The molecule has 0 aliphatic heterocycles. The van der Waals surface area contributed by atoms with E-state index in [1.165, 1.54) is 37.3 Å². The van der Waals surface area contributed by atoms with E-state index >= 15 is 0 Å². The van der Waals surface area contributed by atoms with Crippen molar-refractivity contribution in [2.24, 2.45) is 0 Å². The number of rotatable bonds is 15. The van der Waals surface area contributed by atoms with E-state index in [1.807, 2.05) is 51.1 Å². The maximum atomic E-state index is 14.1. The monoisotopic (exact) mass is 595 g/mol. The van der Waals surface area contributed by atoms with Crippen LogP contribution in [-0.2, 0) is 26.0 Å². The van der Waals surface area contributed by atoms with Crippen molar-refractivity contribution in [1.29, 1.82) is 0 Å². The zero-order chi connectivity index (χ0) is 30.7. The lowest BCUT2D eigenvalue weighted by Crippen LogP contribution is -2.54. The molecular weight excluding hydrogens is 554 g/mol. The number of nitrogens with zero attached hydrogens (tertiary/aromatic N) is 2. The summed E-state index contributed by atoms with van der Waals surface area (Å²) in [5, 5.41) is 2.99. The van der Waals surface area contributed by atoms with Crippen LogP contribution in [0.3, 0.4) is 0 Å². The highest BCUT2D eigenvalue weighted by Gasteiger charge is 2.34. The number of methoxy groups -OCH3 is 2. The van der Waals surface area contributed by atoms with Crippen LogP contribution in [-0.4, -0.2) is 64.5 Å². The molecule has 0 saturated carbocycles. The molecule has 0 spiro atoms. The summed E-state index contributed by atoms with van der Waals surface area (Å²) >= 11 is 0. The first-order chi connectivity index (χ1) is 20.2. The number of anilines is 1. The molecule has 2 atom stereocenters. The van der Waals surface area contributed by atoms with Gasteiger partial charge in [-0.15, -0.1) is 0 Å². The third-order valence-corrected chi connectivity index (χ3v) is 8.92. The van der Waals surface area contributed by atoms with Crippen molar-refractivity contribution >= 4 is 27.5 Å². The second kappa shape index (κ2) is 15.3. The third-order valence-electron chi connectivity index (χ3n) is 7.14. The Labute approximate surface area is 249 Å². The Morgan fingerprint density at radius 1 is 0.857 bits per heavy atom. The molecule has 0 saturated heterocycles. The van der Waals surface area contributed by atoms with Gasteiger partial charge < -0.3 is 19.7 Å². The van der Waals surface area contributed by atoms with Gasteiger partial charge in [-0.2, -0.15) is 0 Å². The van der Waals surface area contributed by atoms with Gasteiger partial charge in [0.05, 0.1) is 24.8 Å². The summed E-state index contributed by atoms with van der Waals surface area (Å²) in [6.45, 7) is 5.44. The molecule has 10 heteroatoms. The van der Waals surface area contributed by atoms with Crippen LogP contribution in [0.15, 0.2) is 83.8 Å². The van der Waals surface area contributed by atoms with Gasteiger partial charge >= 0.3 is 0 Å². The number of amides is 2. The Morgan fingerprint density at radius 2 is 1.48 bits per heavy atom. The number of hydrogen-bond donors (Lipinski definition) is 1. The topological polar surface area (TPSA) is 105 Å². The van der Waals surface area contributed by atoms with Gasteiger partial charge in [-0.25, -0.2) is 8.42 Å². The first-order valence-electron chi connectivity index (χ1n) is 14.1. The molecular formula is C32H41N3O6S. The molecule has 3 rings (SSSR count). The molecule has 1 N–H and O–H groups in total. The standard InChI is InChI=1S/C32H41N3O6S/c1-6-24(3)33-32(37)28(7-2)34(21-20-25-14-10-8-11-15-25)31(36)23-35(42(38,39)27-16-12-9-13-17-27)26-18-19-29(40-4)30(22-26)41-5/h8-19,22,24,28H,6-7,20-21,23H2,1-5H3,(H,33,37)/t24-,28-/m1/s1.